The lowest BCUT2D eigenvalue weighted by Gasteiger charge is -2.07. The van der Waals surface area contributed by atoms with Crippen LogP contribution in [0.15, 0.2) is 40.6 Å². The van der Waals surface area contributed by atoms with Crippen molar-refractivity contribution in [2.24, 2.45) is 12.8 Å². The SMILES string of the molecule is CC(N)CCC(=O)Nc1ccc(Sc2nncn2C)cc1. The summed E-state index contributed by atoms with van der Waals surface area (Å²) < 4.78 is 1.86. The lowest BCUT2D eigenvalue weighted by atomic mass is 10.2. The highest BCUT2D eigenvalue weighted by molar-refractivity contribution is 7.99. The molecule has 1 heterocycles. The van der Waals surface area contributed by atoms with Crippen LogP contribution in [0, 0.1) is 0 Å². The normalized spacial score (nSPS) is 12.1. The quantitative estimate of drug-likeness (QED) is 0.853. The van der Waals surface area contributed by atoms with Gasteiger partial charge in [-0.2, -0.15) is 0 Å². The van der Waals surface area contributed by atoms with Gasteiger partial charge in [0.1, 0.15) is 6.33 Å². The van der Waals surface area contributed by atoms with Crippen LogP contribution in [0.2, 0.25) is 0 Å². The van der Waals surface area contributed by atoms with Gasteiger partial charge in [-0.1, -0.05) is 0 Å². The van der Waals surface area contributed by atoms with E-state index < -0.39 is 0 Å². The zero-order valence-electron chi connectivity index (χ0n) is 12.1. The summed E-state index contributed by atoms with van der Waals surface area (Å²) in [7, 11) is 1.90. The lowest BCUT2D eigenvalue weighted by Crippen LogP contribution is -2.19. The van der Waals surface area contributed by atoms with Gasteiger partial charge in [-0.15, -0.1) is 10.2 Å². The first-order chi connectivity index (χ1) is 10.0. The number of carbonyl (C=O) groups excluding carboxylic acids is 1. The van der Waals surface area contributed by atoms with Crippen molar-refractivity contribution >= 4 is 23.4 Å². The van der Waals surface area contributed by atoms with E-state index in [-0.39, 0.29) is 11.9 Å². The number of nitrogens with zero attached hydrogens (tertiary/aromatic N) is 3. The highest BCUT2D eigenvalue weighted by Crippen LogP contribution is 2.26. The number of amides is 1. The molecule has 0 fully saturated rings. The molecule has 21 heavy (non-hydrogen) atoms. The van der Waals surface area contributed by atoms with E-state index in [2.05, 4.69) is 15.5 Å². The maximum Gasteiger partial charge on any atom is 0.224 e. The van der Waals surface area contributed by atoms with Crippen LogP contribution in [0.3, 0.4) is 0 Å². The van der Waals surface area contributed by atoms with E-state index in [9.17, 15) is 4.79 Å². The molecule has 2 rings (SSSR count). The van der Waals surface area contributed by atoms with E-state index in [0.717, 1.165) is 15.7 Å². The molecule has 2 aromatic rings. The standard InChI is InChI=1S/C14H19N5OS/c1-10(15)3-8-13(20)17-11-4-6-12(7-5-11)21-14-18-16-9-19(14)2/h4-7,9-10H,3,8,15H2,1-2H3,(H,17,20). The molecule has 0 saturated heterocycles. The molecular weight excluding hydrogens is 286 g/mol. The molecule has 0 aliphatic rings. The summed E-state index contributed by atoms with van der Waals surface area (Å²) in [6.07, 6.45) is 2.79. The number of nitrogens with one attached hydrogen (secondary N) is 1. The van der Waals surface area contributed by atoms with E-state index in [4.69, 9.17) is 5.73 Å². The summed E-state index contributed by atoms with van der Waals surface area (Å²) in [4.78, 5) is 12.8. The number of benzene rings is 1. The zero-order chi connectivity index (χ0) is 15.2. The van der Waals surface area contributed by atoms with Crippen molar-refractivity contribution in [1.82, 2.24) is 14.8 Å². The van der Waals surface area contributed by atoms with Crippen molar-refractivity contribution in [3.63, 3.8) is 0 Å². The molecule has 1 unspecified atom stereocenters. The average molecular weight is 305 g/mol. The predicted molar refractivity (Wildman–Crippen MR) is 83.1 cm³/mol. The summed E-state index contributed by atoms with van der Waals surface area (Å²) in [6.45, 7) is 1.89. The van der Waals surface area contributed by atoms with E-state index >= 15 is 0 Å². The molecule has 1 amide bonds. The van der Waals surface area contributed by atoms with Gasteiger partial charge in [0.2, 0.25) is 5.91 Å². The molecule has 112 valence electrons. The Kier molecular flexibility index (Phi) is 5.35. The maximum atomic E-state index is 11.7. The van der Waals surface area contributed by atoms with Gasteiger partial charge >= 0.3 is 0 Å². The van der Waals surface area contributed by atoms with Crippen molar-refractivity contribution in [2.75, 3.05) is 5.32 Å². The molecular formula is C14H19N5OS. The minimum absolute atomic E-state index is 0.0130. The lowest BCUT2D eigenvalue weighted by molar-refractivity contribution is -0.116. The third kappa shape index (κ3) is 4.87. The van der Waals surface area contributed by atoms with Crippen LogP contribution >= 0.6 is 11.8 Å². The molecule has 0 spiro atoms. The van der Waals surface area contributed by atoms with Gasteiger partial charge in [0.25, 0.3) is 0 Å². The molecule has 1 aromatic heterocycles. The number of carbonyl (C=O) groups is 1. The second-order valence-electron chi connectivity index (χ2n) is 4.91. The summed E-state index contributed by atoms with van der Waals surface area (Å²) in [5.41, 5.74) is 6.42. The minimum Gasteiger partial charge on any atom is -0.328 e. The third-order valence-electron chi connectivity index (χ3n) is 2.84. The van der Waals surface area contributed by atoms with Gasteiger partial charge in [0, 0.05) is 30.1 Å². The molecule has 1 aromatic carbocycles. The fourth-order valence-corrected chi connectivity index (χ4v) is 2.42. The van der Waals surface area contributed by atoms with Gasteiger partial charge in [-0.3, -0.25) is 4.79 Å². The van der Waals surface area contributed by atoms with Gasteiger partial charge in [0.15, 0.2) is 5.16 Å². The Morgan fingerprint density at radius 2 is 2.14 bits per heavy atom. The first-order valence-corrected chi connectivity index (χ1v) is 7.53. The zero-order valence-corrected chi connectivity index (χ0v) is 12.9. The van der Waals surface area contributed by atoms with Crippen molar-refractivity contribution < 1.29 is 4.79 Å². The Balaban J connectivity index is 1.90. The van der Waals surface area contributed by atoms with E-state index in [0.29, 0.717) is 12.8 Å². The molecule has 0 saturated carbocycles. The number of hydrogen-bond acceptors (Lipinski definition) is 5. The predicted octanol–water partition coefficient (Wildman–Crippen LogP) is 2.03. The highest BCUT2D eigenvalue weighted by atomic mass is 32.2. The number of hydrogen-bond donors (Lipinski definition) is 2. The van der Waals surface area contributed by atoms with E-state index in [1.54, 1.807) is 6.33 Å². The molecule has 1 atom stereocenters. The third-order valence-corrected chi connectivity index (χ3v) is 3.90. The summed E-state index contributed by atoms with van der Waals surface area (Å²) in [5, 5.41) is 11.5. The highest BCUT2D eigenvalue weighted by Gasteiger charge is 2.06. The molecule has 3 N–H and O–H groups in total. The van der Waals surface area contributed by atoms with Gasteiger partial charge in [-0.25, -0.2) is 0 Å². The van der Waals surface area contributed by atoms with Crippen LogP contribution in [-0.4, -0.2) is 26.7 Å². The van der Waals surface area contributed by atoms with Crippen LogP contribution < -0.4 is 11.1 Å². The summed E-state index contributed by atoms with van der Waals surface area (Å²) >= 11 is 1.52. The Bertz CT molecular complexity index is 594. The van der Waals surface area contributed by atoms with Crippen molar-refractivity contribution in [3.05, 3.63) is 30.6 Å². The number of nitrogens with two attached hydrogens (primary N) is 1. The maximum absolute atomic E-state index is 11.7. The van der Waals surface area contributed by atoms with Crippen LogP contribution in [-0.2, 0) is 11.8 Å². The Hall–Kier alpha value is -1.86. The minimum atomic E-state index is -0.0130. The van der Waals surface area contributed by atoms with E-state index in [1.165, 1.54) is 11.8 Å². The number of aryl methyl sites for hydroxylation is 1. The van der Waals surface area contributed by atoms with Gasteiger partial charge in [-0.05, 0) is 49.4 Å². The Morgan fingerprint density at radius 1 is 1.43 bits per heavy atom. The molecule has 0 aliphatic heterocycles. The van der Waals surface area contributed by atoms with Crippen molar-refractivity contribution in [3.8, 4) is 0 Å². The number of aromatic nitrogens is 3. The second kappa shape index (κ2) is 7.24. The van der Waals surface area contributed by atoms with Gasteiger partial charge < -0.3 is 15.6 Å². The molecule has 0 aliphatic carbocycles. The van der Waals surface area contributed by atoms with Gasteiger partial charge in [0.05, 0.1) is 0 Å². The van der Waals surface area contributed by atoms with Crippen LogP contribution in [0.1, 0.15) is 19.8 Å². The Morgan fingerprint density at radius 3 is 2.71 bits per heavy atom. The van der Waals surface area contributed by atoms with Crippen LogP contribution in [0.25, 0.3) is 0 Å². The Labute approximate surface area is 128 Å². The first kappa shape index (κ1) is 15.5. The molecule has 0 radical (unpaired) electrons. The monoisotopic (exact) mass is 305 g/mol. The fraction of sp³-hybridized carbons (Fsp3) is 0.357. The summed E-state index contributed by atoms with van der Waals surface area (Å²) in [5.74, 6) is -0.0130. The summed E-state index contributed by atoms with van der Waals surface area (Å²) in [6, 6.07) is 7.69. The molecule has 6 nitrogen and oxygen atoms in total. The fourth-order valence-electron chi connectivity index (χ4n) is 1.66. The first-order valence-electron chi connectivity index (χ1n) is 6.72. The van der Waals surface area contributed by atoms with Crippen LogP contribution in [0.5, 0.6) is 0 Å². The molecule has 7 heteroatoms. The van der Waals surface area contributed by atoms with Crippen molar-refractivity contribution in [1.29, 1.82) is 0 Å². The number of rotatable bonds is 6. The average Bonchev–Trinajstić information content (AvgIpc) is 2.84. The van der Waals surface area contributed by atoms with Crippen molar-refractivity contribution in [2.45, 2.75) is 35.9 Å². The smallest absolute Gasteiger partial charge is 0.224 e. The molecule has 0 bridgehead atoms. The topological polar surface area (TPSA) is 85.8 Å². The largest absolute Gasteiger partial charge is 0.328 e. The van der Waals surface area contributed by atoms with Crippen LogP contribution in [0.4, 0.5) is 5.69 Å². The number of anilines is 1. The van der Waals surface area contributed by atoms with E-state index in [1.807, 2.05) is 42.8 Å². The second-order valence-corrected chi connectivity index (χ2v) is 5.96.